The van der Waals surface area contributed by atoms with Gasteiger partial charge >= 0.3 is 11.7 Å². The number of methoxy groups -OCH3 is 1. The number of nitro groups is 1. The Kier molecular flexibility index (Phi) is 3.56. The average molecular weight is 257 g/mol. The highest BCUT2D eigenvalue weighted by Crippen LogP contribution is 2.21. The van der Waals surface area contributed by atoms with E-state index in [-0.39, 0.29) is 0 Å². The number of rotatable bonds is 3. The van der Waals surface area contributed by atoms with Crippen LogP contribution in [-0.2, 0) is 9.53 Å². The van der Waals surface area contributed by atoms with Gasteiger partial charge in [0, 0.05) is 6.08 Å². The molecular weight excluding hydrogens is 246 g/mol. The maximum atomic E-state index is 11.4. The van der Waals surface area contributed by atoms with Crippen LogP contribution in [0.5, 0.6) is 0 Å². The molecule has 0 aromatic heterocycles. The second kappa shape index (κ2) is 5.30. The highest BCUT2D eigenvalue weighted by molar-refractivity contribution is 5.96. The van der Waals surface area contributed by atoms with Crippen molar-refractivity contribution in [2.24, 2.45) is 0 Å². The quantitative estimate of drug-likeness (QED) is 0.367. The predicted octanol–water partition coefficient (Wildman–Crippen LogP) is 2.63. The molecule has 96 valence electrons. The number of carbonyl (C=O) groups is 1. The van der Waals surface area contributed by atoms with Crippen LogP contribution < -0.4 is 0 Å². The summed E-state index contributed by atoms with van der Waals surface area (Å²) in [5, 5.41) is 12.7. The van der Waals surface area contributed by atoms with E-state index in [2.05, 4.69) is 4.74 Å². The Morgan fingerprint density at radius 2 is 1.89 bits per heavy atom. The summed E-state index contributed by atoms with van der Waals surface area (Å²) < 4.78 is 4.41. The van der Waals surface area contributed by atoms with Gasteiger partial charge in [-0.3, -0.25) is 10.1 Å². The first-order valence-corrected chi connectivity index (χ1v) is 5.55. The maximum absolute atomic E-state index is 11.4. The molecule has 0 fully saturated rings. The van der Waals surface area contributed by atoms with Gasteiger partial charge in [-0.25, -0.2) is 4.79 Å². The van der Waals surface area contributed by atoms with Gasteiger partial charge in [-0.15, -0.1) is 0 Å². The molecule has 2 aromatic rings. The monoisotopic (exact) mass is 257 g/mol. The summed E-state index contributed by atoms with van der Waals surface area (Å²) in [6.07, 6.45) is 1.23. The highest BCUT2D eigenvalue weighted by atomic mass is 16.6. The number of hydrogen-bond acceptors (Lipinski definition) is 4. The lowest BCUT2D eigenvalue weighted by atomic mass is 10.0. The van der Waals surface area contributed by atoms with Crippen LogP contribution in [0.3, 0.4) is 0 Å². The molecule has 0 aliphatic rings. The van der Waals surface area contributed by atoms with Gasteiger partial charge in [0.25, 0.3) is 0 Å². The Hall–Kier alpha value is -2.69. The van der Waals surface area contributed by atoms with Crippen LogP contribution in [0, 0.1) is 10.1 Å². The van der Waals surface area contributed by atoms with E-state index >= 15 is 0 Å². The third kappa shape index (κ3) is 2.60. The zero-order chi connectivity index (χ0) is 13.8. The Bertz CT molecular complexity index is 671. The van der Waals surface area contributed by atoms with E-state index in [1.54, 1.807) is 12.1 Å². The largest absolute Gasteiger partial charge is 0.461 e. The minimum atomic E-state index is -0.960. The molecule has 0 atom stereocenters. The second-order valence-corrected chi connectivity index (χ2v) is 3.85. The van der Waals surface area contributed by atoms with Crippen molar-refractivity contribution in [2.45, 2.75) is 0 Å². The molecule has 5 nitrogen and oxygen atoms in total. The number of fused-ring (bicyclic) bond motifs is 1. The van der Waals surface area contributed by atoms with Crippen LogP contribution in [0.1, 0.15) is 5.56 Å². The minimum Gasteiger partial charge on any atom is -0.461 e. The topological polar surface area (TPSA) is 69.4 Å². The van der Waals surface area contributed by atoms with Crippen molar-refractivity contribution < 1.29 is 14.5 Å². The summed E-state index contributed by atoms with van der Waals surface area (Å²) in [5.41, 5.74) is 0.0223. The van der Waals surface area contributed by atoms with Gasteiger partial charge in [0.15, 0.2) is 0 Å². The van der Waals surface area contributed by atoms with Crippen molar-refractivity contribution in [3.63, 3.8) is 0 Å². The summed E-state index contributed by atoms with van der Waals surface area (Å²) in [6, 6.07) is 12.9. The standard InChI is InChI=1S/C14H11NO4/c1-19-14(16)13(15(17)18)9-11-7-4-6-10-5-2-3-8-12(10)11/h2-9H,1H3. The van der Waals surface area contributed by atoms with Crippen LogP contribution in [0.25, 0.3) is 16.8 Å². The summed E-state index contributed by atoms with van der Waals surface area (Å²) in [4.78, 5) is 21.5. The van der Waals surface area contributed by atoms with Crippen molar-refractivity contribution in [1.82, 2.24) is 0 Å². The summed E-state index contributed by atoms with van der Waals surface area (Å²) in [5.74, 6) is -0.960. The van der Waals surface area contributed by atoms with Gasteiger partial charge in [-0.2, -0.15) is 0 Å². The highest BCUT2D eigenvalue weighted by Gasteiger charge is 2.22. The number of ether oxygens (including phenoxy) is 1. The van der Waals surface area contributed by atoms with Crippen LogP contribution in [0.4, 0.5) is 0 Å². The summed E-state index contributed by atoms with van der Waals surface area (Å²) >= 11 is 0. The molecule has 0 heterocycles. The van der Waals surface area contributed by atoms with Crippen molar-refractivity contribution in [2.75, 3.05) is 7.11 Å². The third-order valence-corrected chi connectivity index (χ3v) is 2.71. The van der Waals surface area contributed by atoms with Crippen molar-refractivity contribution in [1.29, 1.82) is 0 Å². The number of esters is 1. The zero-order valence-corrected chi connectivity index (χ0v) is 10.2. The molecule has 0 bridgehead atoms. The fourth-order valence-electron chi connectivity index (χ4n) is 1.81. The second-order valence-electron chi connectivity index (χ2n) is 3.85. The first-order valence-electron chi connectivity index (χ1n) is 5.55. The smallest absolute Gasteiger partial charge is 0.409 e. The number of benzene rings is 2. The van der Waals surface area contributed by atoms with Crippen molar-refractivity contribution in [3.05, 3.63) is 63.8 Å². The van der Waals surface area contributed by atoms with Crippen LogP contribution in [-0.4, -0.2) is 18.0 Å². The van der Waals surface area contributed by atoms with Crippen LogP contribution >= 0.6 is 0 Å². The van der Waals surface area contributed by atoms with Gasteiger partial charge in [0.05, 0.1) is 12.0 Å². The maximum Gasteiger partial charge on any atom is 0.409 e. The average Bonchev–Trinajstić information content (AvgIpc) is 2.43. The normalized spacial score (nSPS) is 11.3. The van der Waals surface area contributed by atoms with Gasteiger partial charge in [-0.1, -0.05) is 42.5 Å². The van der Waals surface area contributed by atoms with E-state index < -0.39 is 16.6 Å². The van der Waals surface area contributed by atoms with E-state index in [0.717, 1.165) is 17.9 Å². The molecule has 0 aliphatic heterocycles. The van der Waals surface area contributed by atoms with E-state index in [1.807, 2.05) is 30.3 Å². The molecule has 5 heteroatoms. The molecule has 0 aliphatic carbocycles. The van der Waals surface area contributed by atoms with Crippen molar-refractivity contribution >= 4 is 22.8 Å². The summed E-state index contributed by atoms with van der Waals surface area (Å²) in [6.45, 7) is 0. The molecule has 2 rings (SSSR count). The van der Waals surface area contributed by atoms with E-state index in [9.17, 15) is 14.9 Å². The Balaban J connectivity index is 2.61. The lowest BCUT2D eigenvalue weighted by Gasteiger charge is -2.02. The van der Waals surface area contributed by atoms with Gasteiger partial charge in [0.2, 0.25) is 0 Å². The lowest BCUT2D eigenvalue weighted by Crippen LogP contribution is -2.12. The van der Waals surface area contributed by atoms with E-state index in [4.69, 9.17) is 0 Å². The molecule has 0 spiro atoms. The van der Waals surface area contributed by atoms with Gasteiger partial charge in [0.1, 0.15) is 0 Å². The van der Waals surface area contributed by atoms with Gasteiger partial charge < -0.3 is 4.74 Å². The first-order chi connectivity index (χ1) is 9.13. The Morgan fingerprint density at radius 1 is 1.21 bits per heavy atom. The SMILES string of the molecule is COC(=O)C(=Cc1cccc2ccccc12)[N+](=O)[O-]. The van der Waals surface area contributed by atoms with E-state index in [1.165, 1.54) is 6.08 Å². The molecule has 2 aromatic carbocycles. The van der Waals surface area contributed by atoms with Gasteiger partial charge in [-0.05, 0) is 16.3 Å². The molecule has 0 unspecified atom stereocenters. The van der Waals surface area contributed by atoms with Crippen LogP contribution in [0.15, 0.2) is 48.2 Å². The van der Waals surface area contributed by atoms with Crippen molar-refractivity contribution in [3.8, 4) is 0 Å². The fourth-order valence-corrected chi connectivity index (χ4v) is 1.81. The molecule has 0 N–H and O–H groups in total. The molecule has 0 amide bonds. The third-order valence-electron chi connectivity index (χ3n) is 2.71. The zero-order valence-electron chi connectivity index (χ0n) is 10.2. The number of hydrogen-bond donors (Lipinski definition) is 0. The Morgan fingerprint density at radius 3 is 2.58 bits per heavy atom. The fraction of sp³-hybridized carbons (Fsp3) is 0.0714. The first kappa shape index (κ1) is 12.8. The Labute approximate surface area is 109 Å². The van der Waals surface area contributed by atoms with Crippen LogP contribution in [0.2, 0.25) is 0 Å². The summed E-state index contributed by atoms with van der Waals surface area (Å²) in [7, 11) is 1.11. The number of nitrogens with zero attached hydrogens (tertiary/aromatic N) is 1. The molecule has 0 saturated heterocycles. The molecule has 0 radical (unpaired) electrons. The lowest BCUT2D eigenvalue weighted by molar-refractivity contribution is -0.419. The molecular formula is C14H11NO4. The van der Waals surface area contributed by atoms with E-state index in [0.29, 0.717) is 5.56 Å². The molecule has 19 heavy (non-hydrogen) atoms. The minimum absolute atomic E-state index is 0.584. The predicted molar refractivity (Wildman–Crippen MR) is 70.9 cm³/mol. The number of carbonyl (C=O) groups excluding carboxylic acids is 1. The molecule has 0 saturated carbocycles.